The minimum Gasteiger partial charge on any atom is -0.393 e. The van der Waals surface area contributed by atoms with E-state index in [1.807, 2.05) is 0 Å². The molecular formula is C12H15N5O4. The number of rotatable bonds is 1. The second-order valence-electron chi connectivity index (χ2n) is 5.65. The average molecular weight is 293 g/mol. The monoisotopic (exact) mass is 293 g/mol. The normalized spacial score (nSPS) is 39.0. The van der Waals surface area contributed by atoms with Gasteiger partial charge in [0, 0.05) is 12.8 Å². The summed E-state index contributed by atoms with van der Waals surface area (Å²) in [7, 11) is 0. The molecule has 3 atom stereocenters. The summed E-state index contributed by atoms with van der Waals surface area (Å²) in [5, 5.41) is 29.9. The van der Waals surface area contributed by atoms with Crippen molar-refractivity contribution in [3.05, 3.63) is 12.7 Å². The molecule has 4 rings (SSSR count). The Morgan fingerprint density at radius 2 is 2.00 bits per heavy atom. The van der Waals surface area contributed by atoms with Crippen LogP contribution in [0.5, 0.6) is 0 Å². The van der Waals surface area contributed by atoms with Crippen LogP contribution >= 0.6 is 0 Å². The number of ether oxygens (including phenoxy) is 1. The summed E-state index contributed by atoms with van der Waals surface area (Å²) in [6, 6.07) is 0. The first kappa shape index (κ1) is 12.9. The van der Waals surface area contributed by atoms with Crippen LogP contribution in [0.3, 0.4) is 0 Å². The highest BCUT2D eigenvalue weighted by Crippen LogP contribution is 2.49. The summed E-state index contributed by atoms with van der Waals surface area (Å²) >= 11 is 0. The number of aliphatic hydroxyl groups is 3. The molecule has 0 bridgehead atoms. The van der Waals surface area contributed by atoms with E-state index in [0.717, 1.165) is 0 Å². The number of imidazole rings is 1. The van der Waals surface area contributed by atoms with Crippen LogP contribution in [0.25, 0.3) is 11.2 Å². The number of aromatic nitrogens is 4. The van der Waals surface area contributed by atoms with Gasteiger partial charge in [-0.05, 0) is 0 Å². The van der Waals surface area contributed by atoms with Gasteiger partial charge in [-0.1, -0.05) is 0 Å². The third-order valence-electron chi connectivity index (χ3n) is 4.33. The number of nitrogen functional groups attached to an aromatic ring is 1. The number of fused-ring (bicyclic) bond motifs is 1. The zero-order chi connectivity index (χ0) is 14.8. The molecule has 2 aromatic heterocycles. The van der Waals surface area contributed by atoms with E-state index in [9.17, 15) is 15.3 Å². The summed E-state index contributed by atoms with van der Waals surface area (Å²) in [5.41, 5.74) is 5.66. The lowest BCUT2D eigenvalue weighted by atomic mass is 9.73. The van der Waals surface area contributed by atoms with Crippen molar-refractivity contribution in [3.8, 4) is 0 Å². The lowest BCUT2D eigenvalue weighted by Gasteiger charge is -2.43. The predicted octanol–water partition coefficient (Wildman–Crippen LogP) is -1.45. The van der Waals surface area contributed by atoms with E-state index in [4.69, 9.17) is 10.5 Å². The van der Waals surface area contributed by atoms with Gasteiger partial charge in [-0.15, -0.1) is 0 Å². The molecule has 21 heavy (non-hydrogen) atoms. The standard InChI is InChI=1S/C12H15N5O4/c13-9-6-10(15-3-14-9)17(4-16-6)11-7(19)8(20)12(21-11)1-5(18)2-12/h3-5,7-8,11,18-20H,1-2H2,(H2,13,14,15)/t5?,7-,8+,11-,12?/m1/s1. The maximum absolute atomic E-state index is 10.3. The molecule has 2 fully saturated rings. The van der Waals surface area contributed by atoms with Gasteiger partial charge in [0.1, 0.15) is 29.7 Å². The number of hydrogen-bond donors (Lipinski definition) is 4. The molecule has 112 valence electrons. The molecule has 1 spiro atoms. The third kappa shape index (κ3) is 1.62. The minimum atomic E-state index is -1.13. The van der Waals surface area contributed by atoms with Gasteiger partial charge in [0.05, 0.1) is 12.4 Å². The van der Waals surface area contributed by atoms with Crippen molar-refractivity contribution < 1.29 is 20.1 Å². The summed E-state index contributed by atoms with van der Waals surface area (Å²) in [6.45, 7) is 0. The Kier molecular flexibility index (Phi) is 2.52. The molecule has 0 radical (unpaired) electrons. The maximum Gasteiger partial charge on any atom is 0.167 e. The van der Waals surface area contributed by atoms with Crippen LogP contribution in [0.1, 0.15) is 19.1 Å². The zero-order valence-corrected chi connectivity index (χ0v) is 11.0. The van der Waals surface area contributed by atoms with E-state index >= 15 is 0 Å². The largest absolute Gasteiger partial charge is 0.393 e. The Balaban J connectivity index is 1.74. The number of nitrogens with two attached hydrogens (primary N) is 1. The fourth-order valence-corrected chi connectivity index (χ4v) is 3.20. The highest BCUT2D eigenvalue weighted by atomic mass is 16.6. The van der Waals surface area contributed by atoms with E-state index in [1.54, 1.807) is 0 Å². The number of aliphatic hydroxyl groups excluding tert-OH is 3. The molecule has 9 nitrogen and oxygen atoms in total. The average Bonchev–Trinajstić information content (AvgIpc) is 2.95. The molecule has 9 heteroatoms. The Labute approximate surface area is 119 Å². The Bertz CT molecular complexity index is 698. The number of nitrogens with zero attached hydrogens (tertiary/aromatic N) is 4. The van der Waals surface area contributed by atoms with Crippen LogP contribution in [0, 0.1) is 0 Å². The first-order valence-electron chi connectivity index (χ1n) is 6.67. The van der Waals surface area contributed by atoms with Crippen molar-refractivity contribution >= 4 is 17.0 Å². The molecule has 0 unspecified atom stereocenters. The van der Waals surface area contributed by atoms with Gasteiger partial charge in [0.2, 0.25) is 0 Å². The molecule has 1 saturated heterocycles. The molecular weight excluding hydrogens is 278 g/mol. The van der Waals surface area contributed by atoms with Gasteiger partial charge in [-0.25, -0.2) is 15.0 Å². The van der Waals surface area contributed by atoms with Gasteiger partial charge in [-0.2, -0.15) is 0 Å². The van der Waals surface area contributed by atoms with Gasteiger partial charge in [0.25, 0.3) is 0 Å². The second-order valence-corrected chi connectivity index (χ2v) is 5.65. The Hall–Kier alpha value is -1.81. The van der Waals surface area contributed by atoms with Gasteiger partial charge in [-0.3, -0.25) is 4.57 Å². The molecule has 0 aromatic carbocycles. The molecule has 1 aliphatic heterocycles. The topological polar surface area (TPSA) is 140 Å². The summed E-state index contributed by atoms with van der Waals surface area (Å²) in [6.07, 6.45) is -0.193. The van der Waals surface area contributed by atoms with Crippen LogP contribution in [0.2, 0.25) is 0 Å². The second kappa shape index (κ2) is 4.10. The van der Waals surface area contributed by atoms with Gasteiger partial charge in [0.15, 0.2) is 17.7 Å². The molecule has 2 aliphatic rings. The first-order valence-corrected chi connectivity index (χ1v) is 6.67. The molecule has 1 aliphatic carbocycles. The van der Waals surface area contributed by atoms with E-state index in [0.29, 0.717) is 24.0 Å². The zero-order valence-electron chi connectivity index (χ0n) is 11.0. The Morgan fingerprint density at radius 3 is 2.71 bits per heavy atom. The van der Waals surface area contributed by atoms with Crippen LogP contribution in [0.4, 0.5) is 5.82 Å². The van der Waals surface area contributed by atoms with Crippen LogP contribution in [0.15, 0.2) is 12.7 Å². The fraction of sp³-hybridized carbons (Fsp3) is 0.583. The van der Waals surface area contributed by atoms with Crippen molar-refractivity contribution in [2.75, 3.05) is 5.73 Å². The maximum atomic E-state index is 10.3. The van der Waals surface area contributed by atoms with Gasteiger partial charge < -0.3 is 25.8 Å². The van der Waals surface area contributed by atoms with E-state index in [-0.39, 0.29) is 5.82 Å². The summed E-state index contributed by atoms with van der Waals surface area (Å²) in [4.78, 5) is 12.1. The Morgan fingerprint density at radius 1 is 1.24 bits per heavy atom. The van der Waals surface area contributed by atoms with Crippen LogP contribution in [-0.4, -0.2) is 58.8 Å². The lowest BCUT2D eigenvalue weighted by molar-refractivity contribution is -0.188. The smallest absolute Gasteiger partial charge is 0.167 e. The van der Waals surface area contributed by atoms with Crippen molar-refractivity contribution in [1.29, 1.82) is 0 Å². The predicted molar refractivity (Wildman–Crippen MR) is 69.8 cm³/mol. The number of hydrogen-bond acceptors (Lipinski definition) is 8. The number of anilines is 1. The third-order valence-corrected chi connectivity index (χ3v) is 4.33. The molecule has 1 saturated carbocycles. The first-order chi connectivity index (χ1) is 10.0. The highest BCUT2D eigenvalue weighted by molar-refractivity contribution is 5.81. The van der Waals surface area contributed by atoms with Crippen molar-refractivity contribution in [3.63, 3.8) is 0 Å². The van der Waals surface area contributed by atoms with E-state index in [2.05, 4.69) is 15.0 Å². The summed E-state index contributed by atoms with van der Waals surface area (Å²) < 4.78 is 7.36. The quantitative estimate of drug-likeness (QED) is 0.501. The summed E-state index contributed by atoms with van der Waals surface area (Å²) in [5.74, 6) is 0.237. The molecule has 0 amide bonds. The molecule has 3 heterocycles. The highest BCUT2D eigenvalue weighted by Gasteiger charge is 2.61. The van der Waals surface area contributed by atoms with Gasteiger partial charge >= 0.3 is 0 Å². The van der Waals surface area contributed by atoms with Crippen LogP contribution < -0.4 is 5.73 Å². The molecule has 5 N–H and O–H groups in total. The van der Waals surface area contributed by atoms with Crippen LogP contribution in [-0.2, 0) is 4.74 Å². The minimum absolute atomic E-state index is 0.237. The van der Waals surface area contributed by atoms with Crippen molar-refractivity contribution in [2.45, 2.75) is 43.0 Å². The van der Waals surface area contributed by atoms with E-state index in [1.165, 1.54) is 17.2 Å². The van der Waals surface area contributed by atoms with E-state index < -0.39 is 30.1 Å². The van der Waals surface area contributed by atoms with Crippen molar-refractivity contribution in [2.24, 2.45) is 0 Å². The lowest BCUT2D eigenvalue weighted by Crippen LogP contribution is -2.55. The van der Waals surface area contributed by atoms with Crippen molar-refractivity contribution in [1.82, 2.24) is 19.5 Å². The SMILES string of the molecule is Nc1ncnc2c1ncn2[C@@H]1OC2(CC(O)C2)[C@@H](O)[C@H]1O. The molecule has 2 aromatic rings. The fourth-order valence-electron chi connectivity index (χ4n) is 3.20.